The Kier molecular flexibility index (Phi) is 6.88. The molecule has 11 heteroatoms. The average molecular weight is 431 g/mol. The van der Waals surface area contributed by atoms with E-state index in [2.05, 4.69) is 26.3 Å². The summed E-state index contributed by atoms with van der Waals surface area (Å²) in [4.78, 5) is 17.5. The lowest BCUT2D eigenvalue weighted by atomic mass is 9.83. The number of hydrogen-bond donors (Lipinski definition) is 5. The summed E-state index contributed by atoms with van der Waals surface area (Å²) in [5, 5.41) is 11.3. The zero-order valence-electron chi connectivity index (χ0n) is 17.9. The van der Waals surface area contributed by atoms with Gasteiger partial charge >= 0.3 is 0 Å². The SMILES string of the molecule is CCCN1CC(F)CN2NC(N)C(C(=O)NC3CNCC(F)C3C3CNCN3C)C12. The van der Waals surface area contributed by atoms with E-state index in [4.69, 9.17) is 5.73 Å². The number of piperidine rings is 1. The topological polar surface area (TPSA) is 101 Å². The number of carbonyl (C=O) groups excluding carboxylic acids is 1. The number of alkyl halides is 2. The molecule has 8 atom stereocenters. The number of halogens is 2. The summed E-state index contributed by atoms with van der Waals surface area (Å²) in [5.74, 6) is -1.05. The number of rotatable bonds is 5. The fourth-order valence-electron chi connectivity index (χ4n) is 5.68. The first-order valence-electron chi connectivity index (χ1n) is 11.1. The van der Waals surface area contributed by atoms with Gasteiger partial charge in [0.1, 0.15) is 12.3 Å². The Labute approximate surface area is 177 Å². The molecule has 0 spiro atoms. The van der Waals surface area contributed by atoms with Gasteiger partial charge in [-0.15, -0.1) is 0 Å². The first-order valence-corrected chi connectivity index (χ1v) is 11.1. The number of fused-ring (bicyclic) bond motifs is 1. The van der Waals surface area contributed by atoms with E-state index in [1.54, 1.807) is 5.01 Å². The van der Waals surface area contributed by atoms with Gasteiger partial charge in [0.05, 0.1) is 18.2 Å². The van der Waals surface area contributed by atoms with Gasteiger partial charge in [0.2, 0.25) is 5.91 Å². The van der Waals surface area contributed by atoms with E-state index < -0.39 is 24.4 Å². The molecule has 4 fully saturated rings. The summed E-state index contributed by atoms with van der Waals surface area (Å²) in [5.41, 5.74) is 9.37. The number of hydrogen-bond acceptors (Lipinski definition) is 8. The molecule has 0 radical (unpaired) electrons. The highest BCUT2D eigenvalue weighted by molar-refractivity contribution is 5.81. The standard InChI is InChI=1S/C19H36F2N8O/c1-3-4-28-8-11(20)9-29-19(28)16(17(22)26-29)18(30)25-13-6-23-5-12(21)15(13)14-7-24-10-27(14)2/h11-17,19,23-24,26H,3-10,22H2,1-2H3,(H,25,30). The van der Waals surface area contributed by atoms with Crippen molar-refractivity contribution in [2.45, 2.75) is 50.1 Å². The Bertz CT molecular complexity index is 615. The molecule has 4 aliphatic heterocycles. The molecule has 0 aromatic carbocycles. The Morgan fingerprint density at radius 3 is 2.70 bits per heavy atom. The predicted molar refractivity (Wildman–Crippen MR) is 109 cm³/mol. The van der Waals surface area contributed by atoms with Crippen molar-refractivity contribution in [3.63, 3.8) is 0 Å². The first kappa shape index (κ1) is 22.3. The molecule has 0 aliphatic carbocycles. The van der Waals surface area contributed by atoms with Gasteiger partial charge in [0, 0.05) is 57.4 Å². The Hall–Kier alpha value is -0.950. The third-order valence-corrected chi connectivity index (χ3v) is 7.00. The number of amides is 1. The van der Waals surface area contributed by atoms with Gasteiger partial charge in [-0.25, -0.2) is 19.2 Å². The molecular weight excluding hydrogens is 394 g/mol. The van der Waals surface area contributed by atoms with Crippen molar-refractivity contribution in [3.05, 3.63) is 0 Å². The molecule has 30 heavy (non-hydrogen) atoms. The molecule has 0 saturated carbocycles. The second-order valence-electron chi connectivity index (χ2n) is 9.14. The molecule has 0 bridgehead atoms. The number of nitrogens with zero attached hydrogens (tertiary/aromatic N) is 3. The molecule has 4 rings (SSSR count). The van der Waals surface area contributed by atoms with Crippen LogP contribution in [0.3, 0.4) is 0 Å². The summed E-state index contributed by atoms with van der Waals surface area (Å²) in [7, 11) is 1.98. The highest BCUT2D eigenvalue weighted by atomic mass is 19.1. The van der Waals surface area contributed by atoms with Crippen LogP contribution in [0.2, 0.25) is 0 Å². The quantitative estimate of drug-likeness (QED) is 0.342. The second-order valence-corrected chi connectivity index (χ2v) is 9.14. The Morgan fingerprint density at radius 2 is 2.00 bits per heavy atom. The number of nitrogens with one attached hydrogen (secondary N) is 4. The van der Waals surface area contributed by atoms with Crippen molar-refractivity contribution in [2.75, 3.05) is 53.0 Å². The molecule has 4 heterocycles. The number of carbonyl (C=O) groups is 1. The van der Waals surface area contributed by atoms with Crippen LogP contribution in [0.4, 0.5) is 8.78 Å². The number of nitrogens with two attached hydrogens (primary N) is 1. The summed E-state index contributed by atoms with van der Waals surface area (Å²) in [6.45, 7) is 5.48. The van der Waals surface area contributed by atoms with Gasteiger partial charge in [-0.05, 0) is 20.0 Å². The fourth-order valence-corrected chi connectivity index (χ4v) is 5.68. The van der Waals surface area contributed by atoms with E-state index in [0.29, 0.717) is 39.4 Å². The van der Waals surface area contributed by atoms with E-state index in [9.17, 15) is 13.6 Å². The molecule has 4 saturated heterocycles. The maximum Gasteiger partial charge on any atom is 0.229 e. The lowest BCUT2D eigenvalue weighted by Crippen LogP contribution is -2.64. The zero-order valence-corrected chi connectivity index (χ0v) is 17.9. The van der Waals surface area contributed by atoms with Crippen LogP contribution in [-0.2, 0) is 4.79 Å². The van der Waals surface area contributed by atoms with Crippen LogP contribution in [0.5, 0.6) is 0 Å². The summed E-state index contributed by atoms with van der Waals surface area (Å²) in [6.07, 6.45) is -2.06. The van der Waals surface area contributed by atoms with Crippen molar-refractivity contribution in [1.29, 1.82) is 0 Å². The third kappa shape index (κ3) is 4.21. The molecule has 1 amide bonds. The zero-order chi connectivity index (χ0) is 21.4. The van der Waals surface area contributed by atoms with Crippen LogP contribution in [0.15, 0.2) is 0 Å². The molecule has 6 N–H and O–H groups in total. The molecule has 0 aromatic rings. The largest absolute Gasteiger partial charge is 0.351 e. The number of likely N-dealkylation sites (N-methyl/N-ethyl adjacent to an activating group) is 1. The highest BCUT2D eigenvalue weighted by Gasteiger charge is 2.51. The highest BCUT2D eigenvalue weighted by Crippen LogP contribution is 2.30. The van der Waals surface area contributed by atoms with Crippen molar-refractivity contribution in [2.24, 2.45) is 17.6 Å². The minimum Gasteiger partial charge on any atom is -0.351 e. The van der Waals surface area contributed by atoms with E-state index in [0.717, 1.165) is 6.42 Å². The molecule has 4 aliphatic rings. The van der Waals surface area contributed by atoms with Crippen LogP contribution in [0, 0.1) is 11.8 Å². The average Bonchev–Trinajstić information content (AvgIpc) is 3.24. The van der Waals surface area contributed by atoms with Crippen molar-refractivity contribution < 1.29 is 13.6 Å². The van der Waals surface area contributed by atoms with Crippen molar-refractivity contribution in [1.82, 2.24) is 36.2 Å². The fraction of sp³-hybridized carbons (Fsp3) is 0.947. The number of hydrazine groups is 1. The summed E-state index contributed by atoms with van der Waals surface area (Å²) in [6, 6.07) is -0.301. The lowest BCUT2D eigenvalue weighted by Gasteiger charge is -2.43. The normalized spacial score (nSPS) is 43.6. The summed E-state index contributed by atoms with van der Waals surface area (Å²) >= 11 is 0. The van der Waals surface area contributed by atoms with Gasteiger partial charge in [0.25, 0.3) is 0 Å². The van der Waals surface area contributed by atoms with Crippen LogP contribution in [0.25, 0.3) is 0 Å². The molecular formula is C19H36F2N8O. The summed E-state index contributed by atoms with van der Waals surface area (Å²) < 4.78 is 29.1. The third-order valence-electron chi connectivity index (χ3n) is 7.00. The van der Waals surface area contributed by atoms with Gasteiger partial charge in [0.15, 0.2) is 0 Å². The first-order chi connectivity index (χ1) is 14.4. The minimum atomic E-state index is -1.04. The van der Waals surface area contributed by atoms with Gasteiger partial charge in [-0.3, -0.25) is 14.6 Å². The predicted octanol–water partition coefficient (Wildman–Crippen LogP) is -2.00. The van der Waals surface area contributed by atoms with E-state index in [1.165, 1.54) is 0 Å². The van der Waals surface area contributed by atoms with Crippen molar-refractivity contribution >= 4 is 5.91 Å². The molecule has 8 unspecified atom stereocenters. The minimum absolute atomic E-state index is 0.0258. The van der Waals surface area contributed by atoms with E-state index >= 15 is 0 Å². The maximum absolute atomic E-state index is 14.9. The molecule has 9 nitrogen and oxygen atoms in total. The van der Waals surface area contributed by atoms with Gasteiger partial charge in [-0.1, -0.05) is 6.92 Å². The second kappa shape index (κ2) is 9.27. The van der Waals surface area contributed by atoms with Gasteiger partial charge in [-0.2, -0.15) is 0 Å². The van der Waals surface area contributed by atoms with Crippen LogP contribution >= 0.6 is 0 Å². The lowest BCUT2D eigenvalue weighted by molar-refractivity contribution is -0.132. The molecule has 0 aromatic heterocycles. The van der Waals surface area contributed by atoms with Crippen molar-refractivity contribution in [3.8, 4) is 0 Å². The van der Waals surface area contributed by atoms with Crippen LogP contribution in [0.1, 0.15) is 13.3 Å². The smallest absolute Gasteiger partial charge is 0.229 e. The van der Waals surface area contributed by atoms with E-state index in [1.807, 2.05) is 18.9 Å². The van der Waals surface area contributed by atoms with Crippen LogP contribution < -0.4 is 27.1 Å². The monoisotopic (exact) mass is 430 g/mol. The molecule has 172 valence electrons. The van der Waals surface area contributed by atoms with Crippen LogP contribution in [-0.4, -0.2) is 110 Å². The maximum atomic E-state index is 14.9. The Morgan fingerprint density at radius 1 is 1.20 bits per heavy atom. The van der Waals surface area contributed by atoms with Gasteiger partial charge < -0.3 is 21.7 Å². The van der Waals surface area contributed by atoms with E-state index in [-0.39, 0.29) is 36.6 Å². The Balaban J connectivity index is 1.50.